The molecule has 0 aliphatic rings. The molecule has 0 bridgehead atoms. The maximum absolute atomic E-state index is 12.4. The van der Waals surface area contributed by atoms with E-state index < -0.39 is 34.1 Å². The molecule has 8 nitrogen and oxygen atoms in total. The Labute approximate surface area is 176 Å². The maximum atomic E-state index is 12.4. The van der Waals surface area contributed by atoms with E-state index in [0.717, 1.165) is 51.4 Å². The molecule has 0 amide bonds. The van der Waals surface area contributed by atoms with Gasteiger partial charge in [0.1, 0.15) is 6.42 Å². The minimum Gasteiger partial charge on any atom is -0.465 e. The summed E-state index contributed by atoms with van der Waals surface area (Å²) in [7, 11) is -4.48. The van der Waals surface area contributed by atoms with E-state index in [4.69, 9.17) is 15.4 Å². The van der Waals surface area contributed by atoms with Crippen LogP contribution in [0.2, 0.25) is 0 Å². The monoisotopic (exact) mass is 437 g/mol. The van der Waals surface area contributed by atoms with Crippen LogP contribution in [0.5, 0.6) is 0 Å². The van der Waals surface area contributed by atoms with Crippen LogP contribution in [0.25, 0.3) is 0 Å². The van der Waals surface area contributed by atoms with Crippen molar-refractivity contribution in [2.75, 3.05) is 13.2 Å². The Balaban J connectivity index is 4.86. The van der Waals surface area contributed by atoms with Crippen LogP contribution in [0, 0.1) is 11.8 Å². The summed E-state index contributed by atoms with van der Waals surface area (Å²) in [4.78, 5) is 24.5. The summed E-state index contributed by atoms with van der Waals surface area (Å²) in [6, 6.07) is 0. The van der Waals surface area contributed by atoms with Gasteiger partial charge in [0, 0.05) is 0 Å². The predicted molar refractivity (Wildman–Crippen MR) is 111 cm³/mol. The number of hydrogen-bond donors (Lipinski definition) is 1. The second-order valence-electron chi connectivity index (χ2n) is 7.43. The first-order chi connectivity index (χ1) is 13.7. The van der Waals surface area contributed by atoms with Gasteiger partial charge in [-0.3, -0.25) is 4.79 Å². The standard InChI is InChI=1S/C20H39NO7S/c1-5-9-11-16(7-3)14-26-19(22)13-18(29(24,25)28-21)20(23)27-15-17(8-4)12-10-6-2/h16-18H,5-15,21H2,1-4H3/q+1. The molecule has 0 aromatic carbocycles. The number of carbonyl (C=O) groups is 2. The van der Waals surface area contributed by atoms with E-state index in [-0.39, 0.29) is 25.0 Å². The summed E-state index contributed by atoms with van der Waals surface area (Å²) in [6.45, 7) is 8.41. The molecule has 1 radical (unpaired) electrons. The predicted octanol–water partition coefficient (Wildman–Crippen LogP) is 3.91. The molecule has 0 aliphatic carbocycles. The minimum absolute atomic E-state index is 0.0932. The largest absolute Gasteiger partial charge is 0.465 e. The van der Waals surface area contributed by atoms with Gasteiger partial charge in [-0.05, 0) is 33.2 Å². The van der Waals surface area contributed by atoms with Gasteiger partial charge >= 0.3 is 22.4 Å². The van der Waals surface area contributed by atoms with Gasteiger partial charge in [0.2, 0.25) is 0 Å². The van der Waals surface area contributed by atoms with Gasteiger partial charge in [-0.15, -0.1) is 0 Å². The summed E-state index contributed by atoms with van der Waals surface area (Å²) in [5.41, 5.74) is 0. The molecule has 0 spiro atoms. The van der Waals surface area contributed by atoms with Crippen molar-refractivity contribution in [2.24, 2.45) is 17.7 Å². The average Bonchev–Trinajstić information content (AvgIpc) is 2.71. The smallest absolute Gasteiger partial charge is 0.428 e. The van der Waals surface area contributed by atoms with Gasteiger partial charge in [-0.2, -0.15) is 5.90 Å². The SMILES string of the molecule is CCCCC(CC)COC(=O)CC(C(=O)OCC(CC)CCCC)[S+]([O])(=O)ON. The van der Waals surface area contributed by atoms with Crippen LogP contribution in [-0.2, 0) is 42.6 Å². The highest BCUT2D eigenvalue weighted by molar-refractivity contribution is 7.94. The summed E-state index contributed by atoms with van der Waals surface area (Å²) < 4.78 is 38.5. The molecule has 0 aromatic heterocycles. The first kappa shape index (κ1) is 28.0. The first-order valence-corrected chi connectivity index (χ1v) is 12.2. The molecule has 0 heterocycles. The van der Waals surface area contributed by atoms with E-state index >= 15 is 0 Å². The molecule has 0 rings (SSSR count). The van der Waals surface area contributed by atoms with Gasteiger partial charge in [0.05, 0.1) is 17.8 Å². The van der Waals surface area contributed by atoms with Gasteiger partial charge in [-0.25, -0.2) is 4.79 Å². The topological polar surface area (TPSA) is 125 Å². The molecule has 4 atom stereocenters. The zero-order chi connectivity index (χ0) is 22.3. The normalized spacial score (nSPS) is 16.5. The minimum atomic E-state index is -4.48. The lowest BCUT2D eigenvalue weighted by molar-refractivity contribution is -0.151. The Morgan fingerprint density at radius 1 is 0.897 bits per heavy atom. The quantitative estimate of drug-likeness (QED) is 0.208. The molecular formula is C20H39NO7S+. The van der Waals surface area contributed by atoms with E-state index in [1.54, 1.807) is 0 Å². The Morgan fingerprint density at radius 2 is 1.38 bits per heavy atom. The zero-order valence-corrected chi connectivity index (χ0v) is 19.2. The van der Waals surface area contributed by atoms with Crippen molar-refractivity contribution in [2.45, 2.75) is 90.7 Å². The molecule has 29 heavy (non-hydrogen) atoms. The third-order valence-electron chi connectivity index (χ3n) is 5.13. The maximum Gasteiger partial charge on any atom is 0.428 e. The van der Waals surface area contributed by atoms with E-state index in [0.29, 0.717) is 0 Å². The van der Waals surface area contributed by atoms with Crippen molar-refractivity contribution >= 4 is 22.4 Å². The molecular weight excluding hydrogens is 398 g/mol. The van der Waals surface area contributed by atoms with Crippen molar-refractivity contribution in [3.05, 3.63) is 0 Å². The Morgan fingerprint density at radius 3 is 1.79 bits per heavy atom. The molecule has 0 saturated heterocycles. The zero-order valence-electron chi connectivity index (χ0n) is 18.4. The lowest BCUT2D eigenvalue weighted by atomic mass is 10.0. The fourth-order valence-electron chi connectivity index (χ4n) is 2.88. The Bertz CT molecular complexity index is 515. The van der Waals surface area contributed by atoms with Gasteiger partial charge in [0.25, 0.3) is 5.25 Å². The molecule has 171 valence electrons. The fraction of sp³-hybridized carbons (Fsp3) is 0.900. The lowest BCUT2D eigenvalue weighted by Gasteiger charge is -2.17. The Hall–Kier alpha value is -1.03. The number of nitrogens with two attached hydrogens (primary N) is 1. The van der Waals surface area contributed by atoms with Crippen LogP contribution in [0.4, 0.5) is 0 Å². The summed E-state index contributed by atoms with van der Waals surface area (Å²) in [6.07, 6.45) is 6.84. The highest BCUT2D eigenvalue weighted by Gasteiger charge is 2.51. The number of carbonyl (C=O) groups excluding carboxylic acids is 2. The molecule has 0 aliphatic heterocycles. The van der Waals surface area contributed by atoms with Gasteiger partial charge in [0.15, 0.2) is 0 Å². The Kier molecular flexibility index (Phi) is 15.2. The molecule has 0 fully saturated rings. The summed E-state index contributed by atoms with van der Waals surface area (Å²) in [5.74, 6) is 3.33. The molecule has 9 heteroatoms. The van der Waals surface area contributed by atoms with Gasteiger partial charge < -0.3 is 9.47 Å². The van der Waals surface area contributed by atoms with E-state index in [9.17, 15) is 18.4 Å². The highest BCUT2D eigenvalue weighted by Crippen LogP contribution is 2.20. The van der Waals surface area contributed by atoms with Crippen molar-refractivity contribution in [1.29, 1.82) is 0 Å². The van der Waals surface area contributed by atoms with Crippen LogP contribution >= 0.6 is 0 Å². The summed E-state index contributed by atoms with van der Waals surface area (Å²) >= 11 is 0. The van der Waals surface area contributed by atoms with Gasteiger partial charge in [-0.1, -0.05) is 66.2 Å². The lowest BCUT2D eigenvalue weighted by Crippen LogP contribution is -2.41. The number of rotatable bonds is 17. The van der Waals surface area contributed by atoms with Crippen molar-refractivity contribution in [3.63, 3.8) is 0 Å². The fourth-order valence-corrected chi connectivity index (χ4v) is 3.66. The second kappa shape index (κ2) is 15.8. The van der Waals surface area contributed by atoms with Crippen LogP contribution in [0.15, 0.2) is 0 Å². The van der Waals surface area contributed by atoms with Crippen LogP contribution in [0.1, 0.15) is 85.5 Å². The average molecular weight is 438 g/mol. The van der Waals surface area contributed by atoms with E-state index in [1.807, 2.05) is 13.8 Å². The van der Waals surface area contributed by atoms with Crippen molar-refractivity contribution in [1.82, 2.24) is 0 Å². The third kappa shape index (κ3) is 11.7. The van der Waals surface area contributed by atoms with Crippen molar-refractivity contribution in [3.8, 4) is 0 Å². The number of unbranched alkanes of at least 4 members (excludes halogenated alkanes) is 2. The number of hydrogen-bond acceptors (Lipinski definition) is 7. The molecule has 0 aromatic rings. The van der Waals surface area contributed by atoms with Crippen molar-refractivity contribution < 1.29 is 32.1 Å². The van der Waals surface area contributed by atoms with Crippen LogP contribution in [-0.4, -0.2) is 30.4 Å². The summed E-state index contributed by atoms with van der Waals surface area (Å²) in [5, 5.41) is -1.83. The molecule has 0 saturated carbocycles. The van der Waals surface area contributed by atoms with Crippen LogP contribution < -0.4 is 5.90 Å². The highest BCUT2D eigenvalue weighted by atomic mass is 32.3. The number of esters is 2. The molecule has 2 N–H and O–H groups in total. The van der Waals surface area contributed by atoms with E-state index in [1.165, 1.54) is 0 Å². The first-order valence-electron chi connectivity index (χ1n) is 10.7. The third-order valence-corrected chi connectivity index (χ3v) is 6.45. The second-order valence-corrected chi connectivity index (χ2v) is 9.17. The van der Waals surface area contributed by atoms with E-state index in [2.05, 4.69) is 18.1 Å². The molecule has 4 unspecified atom stereocenters. The van der Waals surface area contributed by atoms with Crippen LogP contribution in [0.3, 0.4) is 0 Å². The number of ether oxygens (including phenoxy) is 2.